The smallest absolute Gasteiger partial charge is 0.174 e. The quantitative estimate of drug-likeness (QED) is 0.299. The minimum absolute atomic E-state index is 0.384. The Morgan fingerprint density at radius 1 is 1.00 bits per heavy atom. The van der Waals surface area contributed by atoms with Gasteiger partial charge >= 0.3 is 0 Å². The third kappa shape index (κ3) is 5.93. The normalized spacial score (nSPS) is 10.7. The second kappa shape index (κ2) is 10.4. The van der Waals surface area contributed by atoms with Gasteiger partial charge in [-0.2, -0.15) is 0 Å². The molecule has 3 aromatic carbocycles. The van der Waals surface area contributed by atoms with Gasteiger partial charge in [0, 0.05) is 27.8 Å². The molecule has 0 fully saturated rings. The second-order valence-electron chi connectivity index (χ2n) is 6.53. The molecule has 0 heterocycles. The molecule has 3 nitrogen and oxygen atoms in total. The largest absolute Gasteiger partial charge is 0.490 e. The van der Waals surface area contributed by atoms with Crippen molar-refractivity contribution in [2.75, 3.05) is 11.9 Å². The number of halogens is 3. The van der Waals surface area contributed by atoms with Crippen LogP contribution >= 0.6 is 45.8 Å². The van der Waals surface area contributed by atoms with Crippen LogP contribution in [0, 0.1) is 10.5 Å². The summed E-state index contributed by atoms with van der Waals surface area (Å²) in [7, 11) is 0. The average Bonchev–Trinajstić information content (AvgIpc) is 2.69. The van der Waals surface area contributed by atoms with Crippen molar-refractivity contribution in [1.29, 1.82) is 0 Å². The number of nitrogens with one attached hydrogen (secondary N) is 1. The Hall–Kier alpha value is -1.63. The van der Waals surface area contributed by atoms with E-state index in [9.17, 15) is 0 Å². The van der Waals surface area contributed by atoms with Gasteiger partial charge in [0.1, 0.15) is 6.61 Å². The van der Waals surface area contributed by atoms with Gasteiger partial charge in [0.05, 0.1) is 10.2 Å². The summed E-state index contributed by atoms with van der Waals surface area (Å²) in [5.41, 5.74) is 4.20. The van der Waals surface area contributed by atoms with Gasteiger partial charge in [-0.1, -0.05) is 47.5 Å². The molecule has 29 heavy (non-hydrogen) atoms. The van der Waals surface area contributed by atoms with E-state index in [-0.39, 0.29) is 0 Å². The third-order valence-corrected chi connectivity index (χ3v) is 5.79. The van der Waals surface area contributed by atoms with Gasteiger partial charge in [-0.3, -0.25) is 0 Å². The lowest BCUT2D eigenvalue weighted by atomic mass is 10.1. The predicted octanol–water partition coefficient (Wildman–Crippen LogP) is 7.50. The fourth-order valence-corrected chi connectivity index (χ4v) is 4.06. The van der Waals surface area contributed by atoms with Gasteiger partial charge in [-0.05, 0) is 77.9 Å². The molecule has 0 bridgehead atoms. The van der Waals surface area contributed by atoms with Crippen LogP contribution in [0.15, 0.2) is 54.6 Å². The van der Waals surface area contributed by atoms with Gasteiger partial charge in [0.15, 0.2) is 11.5 Å². The maximum Gasteiger partial charge on any atom is 0.174 e. The summed E-state index contributed by atoms with van der Waals surface area (Å²) in [4.78, 5) is 0. The Bertz CT molecular complexity index is 995. The average molecular weight is 542 g/mol. The van der Waals surface area contributed by atoms with E-state index in [0.29, 0.717) is 29.8 Å². The van der Waals surface area contributed by atoms with Crippen LogP contribution in [-0.2, 0) is 13.2 Å². The van der Waals surface area contributed by atoms with Crippen LogP contribution in [0.3, 0.4) is 0 Å². The van der Waals surface area contributed by atoms with Gasteiger partial charge < -0.3 is 14.8 Å². The fraction of sp³-hybridized carbons (Fsp3) is 0.217. The summed E-state index contributed by atoms with van der Waals surface area (Å²) in [5, 5.41) is 4.86. The number of ether oxygens (including phenoxy) is 2. The molecule has 0 radical (unpaired) electrons. The molecule has 3 rings (SSSR count). The Balaban J connectivity index is 1.78. The number of anilines is 1. The molecule has 0 aromatic heterocycles. The fourth-order valence-electron chi connectivity index (χ4n) is 2.87. The lowest BCUT2D eigenvalue weighted by molar-refractivity contribution is 0.267. The highest BCUT2D eigenvalue weighted by Gasteiger charge is 2.13. The van der Waals surface area contributed by atoms with E-state index in [1.807, 2.05) is 55.5 Å². The predicted molar refractivity (Wildman–Crippen MR) is 130 cm³/mol. The minimum atomic E-state index is 0.384. The molecule has 0 saturated heterocycles. The Labute approximate surface area is 195 Å². The van der Waals surface area contributed by atoms with Crippen LogP contribution in [0.1, 0.15) is 23.6 Å². The topological polar surface area (TPSA) is 30.5 Å². The van der Waals surface area contributed by atoms with E-state index in [1.54, 1.807) is 0 Å². The van der Waals surface area contributed by atoms with Gasteiger partial charge in [-0.25, -0.2) is 0 Å². The van der Waals surface area contributed by atoms with Crippen LogP contribution < -0.4 is 14.8 Å². The highest BCUT2D eigenvalue weighted by Crippen LogP contribution is 2.35. The summed E-state index contributed by atoms with van der Waals surface area (Å²) >= 11 is 14.7. The molecule has 0 unspecified atom stereocenters. The molecule has 0 spiro atoms. The zero-order chi connectivity index (χ0) is 20.8. The molecule has 0 aliphatic carbocycles. The molecule has 0 aliphatic rings. The van der Waals surface area contributed by atoms with Gasteiger partial charge in [0.25, 0.3) is 0 Å². The van der Waals surface area contributed by atoms with E-state index < -0.39 is 0 Å². The summed E-state index contributed by atoms with van der Waals surface area (Å²) in [6.07, 6.45) is 0. The third-order valence-electron chi connectivity index (χ3n) is 4.38. The summed E-state index contributed by atoms with van der Waals surface area (Å²) < 4.78 is 12.9. The molecular formula is C23H22Cl2INO2. The molecule has 1 N–H and O–H groups in total. The Morgan fingerprint density at radius 2 is 1.79 bits per heavy atom. The zero-order valence-electron chi connectivity index (χ0n) is 16.3. The SMILES string of the molecule is CCOc1cc(CNc2cc(Cl)ccc2C)cc(I)c1OCc1ccccc1Cl. The lowest BCUT2D eigenvalue weighted by Gasteiger charge is -2.17. The number of aryl methyl sites for hydroxylation is 1. The number of benzene rings is 3. The molecule has 3 aromatic rings. The zero-order valence-corrected chi connectivity index (χ0v) is 19.9. The first-order valence-corrected chi connectivity index (χ1v) is 11.1. The maximum absolute atomic E-state index is 6.25. The molecule has 152 valence electrons. The molecule has 0 amide bonds. The van der Waals surface area contributed by atoms with E-state index in [2.05, 4.69) is 40.9 Å². The molecule has 0 aliphatic heterocycles. The Morgan fingerprint density at radius 3 is 2.55 bits per heavy atom. The minimum Gasteiger partial charge on any atom is -0.490 e. The van der Waals surface area contributed by atoms with E-state index in [4.69, 9.17) is 32.7 Å². The molecule has 0 atom stereocenters. The first-order valence-electron chi connectivity index (χ1n) is 9.29. The summed E-state index contributed by atoms with van der Waals surface area (Å²) in [6, 6.07) is 17.6. The van der Waals surface area contributed by atoms with Crippen molar-refractivity contribution in [2.45, 2.75) is 27.0 Å². The highest BCUT2D eigenvalue weighted by atomic mass is 127. The van der Waals surface area contributed by atoms with Crippen molar-refractivity contribution in [3.05, 3.63) is 84.9 Å². The van der Waals surface area contributed by atoms with Crippen molar-refractivity contribution in [3.63, 3.8) is 0 Å². The number of rotatable bonds is 8. The molecule has 0 saturated carbocycles. The van der Waals surface area contributed by atoms with Crippen LogP contribution in [0.4, 0.5) is 5.69 Å². The van der Waals surface area contributed by atoms with E-state index in [1.165, 1.54) is 0 Å². The van der Waals surface area contributed by atoms with Crippen LogP contribution in [0.5, 0.6) is 11.5 Å². The summed E-state index contributed by atoms with van der Waals surface area (Å²) in [6.45, 7) is 5.62. The molecule has 6 heteroatoms. The van der Waals surface area contributed by atoms with Gasteiger partial charge in [0.2, 0.25) is 0 Å². The van der Waals surface area contributed by atoms with Crippen molar-refractivity contribution in [1.82, 2.24) is 0 Å². The van der Waals surface area contributed by atoms with E-state index in [0.717, 1.165) is 37.4 Å². The first-order chi connectivity index (χ1) is 14.0. The summed E-state index contributed by atoms with van der Waals surface area (Å²) in [5.74, 6) is 1.46. The van der Waals surface area contributed by atoms with Crippen LogP contribution in [-0.4, -0.2) is 6.61 Å². The van der Waals surface area contributed by atoms with Crippen LogP contribution in [0.25, 0.3) is 0 Å². The monoisotopic (exact) mass is 541 g/mol. The maximum atomic E-state index is 6.25. The van der Waals surface area contributed by atoms with Crippen molar-refractivity contribution in [3.8, 4) is 11.5 Å². The van der Waals surface area contributed by atoms with Crippen molar-refractivity contribution < 1.29 is 9.47 Å². The van der Waals surface area contributed by atoms with E-state index >= 15 is 0 Å². The van der Waals surface area contributed by atoms with Crippen LogP contribution in [0.2, 0.25) is 10.0 Å². The van der Waals surface area contributed by atoms with Crippen molar-refractivity contribution in [2.24, 2.45) is 0 Å². The van der Waals surface area contributed by atoms with Crippen molar-refractivity contribution >= 4 is 51.5 Å². The highest BCUT2D eigenvalue weighted by molar-refractivity contribution is 14.1. The number of hydrogen-bond acceptors (Lipinski definition) is 3. The number of hydrogen-bond donors (Lipinski definition) is 1. The van der Waals surface area contributed by atoms with Gasteiger partial charge in [-0.15, -0.1) is 0 Å². The second-order valence-corrected chi connectivity index (χ2v) is 8.54. The lowest BCUT2D eigenvalue weighted by Crippen LogP contribution is -2.05. The Kier molecular flexibility index (Phi) is 7.92. The standard InChI is InChI=1S/C23H22Cl2INO2/c1-3-28-22-11-16(13-27-21-12-18(24)9-8-15(21)2)10-20(26)23(22)29-14-17-6-4-5-7-19(17)25/h4-12,27H,3,13-14H2,1-2H3. The first kappa shape index (κ1) is 22.1. The molecular weight excluding hydrogens is 520 g/mol.